The van der Waals surface area contributed by atoms with Gasteiger partial charge in [-0.2, -0.15) is 0 Å². The maximum atomic E-state index is 6.29. The van der Waals surface area contributed by atoms with Crippen LogP contribution in [-0.2, 0) is 0 Å². The Bertz CT molecular complexity index is 2450. The summed E-state index contributed by atoms with van der Waals surface area (Å²) in [6.07, 6.45) is 0. The molecule has 0 N–H and O–H groups in total. The van der Waals surface area contributed by atoms with Crippen molar-refractivity contribution in [1.82, 2.24) is 0 Å². The Hall–Kier alpha value is -6.00. The number of hydrogen-bond acceptors (Lipinski definition) is 3. The minimum Gasteiger partial charge on any atom is -0.456 e. The van der Waals surface area contributed by atoms with E-state index >= 15 is 0 Å². The van der Waals surface area contributed by atoms with Crippen molar-refractivity contribution in [2.24, 2.45) is 0 Å². The first-order valence-corrected chi connectivity index (χ1v) is 15.8. The molecule has 10 rings (SSSR count). The molecule has 2 aliphatic rings. The lowest BCUT2D eigenvalue weighted by Crippen LogP contribution is -2.61. The average Bonchev–Trinajstić information content (AvgIpc) is 3.51. The fraction of sp³-hybridized carbons (Fsp3) is 0. The van der Waals surface area contributed by atoms with Crippen LogP contribution in [0, 0.1) is 0 Å². The Balaban J connectivity index is 1.26. The van der Waals surface area contributed by atoms with Gasteiger partial charge in [-0.15, -0.1) is 0 Å². The van der Waals surface area contributed by atoms with Gasteiger partial charge in [-0.1, -0.05) is 103 Å². The van der Waals surface area contributed by atoms with E-state index in [1.165, 1.54) is 50.3 Å². The maximum Gasteiger partial charge on any atom is 0.252 e. The molecule has 214 valence electrons. The molecule has 0 spiro atoms. The number of furan rings is 1. The first-order valence-electron chi connectivity index (χ1n) is 15.8. The number of nitrogens with zero attached hydrogens (tertiary/aromatic N) is 2. The molecule has 4 heteroatoms. The summed E-state index contributed by atoms with van der Waals surface area (Å²) in [5.74, 6) is 0. The molecule has 1 aromatic heterocycles. The molecule has 0 unspecified atom stereocenters. The van der Waals surface area contributed by atoms with Gasteiger partial charge in [0.1, 0.15) is 11.2 Å². The van der Waals surface area contributed by atoms with Crippen LogP contribution in [0.15, 0.2) is 168 Å². The Kier molecular flexibility index (Phi) is 5.37. The van der Waals surface area contributed by atoms with E-state index in [0.29, 0.717) is 0 Å². The van der Waals surface area contributed by atoms with Crippen molar-refractivity contribution in [1.29, 1.82) is 0 Å². The van der Waals surface area contributed by atoms with Crippen molar-refractivity contribution in [3.63, 3.8) is 0 Å². The van der Waals surface area contributed by atoms with Crippen LogP contribution in [0.1, 0.15) is 0 Å². The van der Waals surface area contributed by atoms with Gasteiger partial charge in [0, 0.05) is 44.9 Å². The second kappa shape index (κ2) is 9.75. The second-order valence-corrected chi connectivity index (χ2v) is 12.1. The molecule has 0 saturated carbocycles. The van der Waals surface area contributed by atoms with Crippen LogP contribution in [0.2, 0.25) is 0 Å². The fourth-order valence-electron chi connectivity index (χ4n) is 7.77. The summed E-state index contributed by atoms with van der Waals surface area (Å²) in [5, 5.41) is 2.30. The lowest BCUT2D eigenvalue weighted by Gasteiger charge is -2.44. The number of rotatable bonds is 3. The zero-order chi connectivity index (χ0) is 30.2. The molecule has 0 bridgehead atoms. The molecule has 46 heavy (non-hydrogen) atoms. The van der Waals surface area contributed by atoms with E-state index in [0.717, 1.165) is 33.3 Å². The highest BCUT2D eigenvalue weighted by Crippen LogP contribution is 2.45. The van der Waals surface area contributed by atoms with Crippen LogP contribution in [0.3, 0.4) is 0 Å². The van der Waals surface area contributed by atoms with E-state index in [2.05, 4.69) is 168 Å². The number of anilines is 6. The van der Waals surface area contributed by atoms with E-state index in [-0.39, 0.29) is 6.71 Å². The highest BCUT2D eigenvalue weighted by molar-refractivity contribution is 7.00. The quantitative estimate of drug-likeness (QED) is 0.192. The van der Waals surface area contributed by atoms with Crippen molar-refractivity contribution >= 4 is 79.2 Å². The molecule has 0 fully saturated rings. The lowest BCUT2D eigenvalue weighted by atomic mass is 9.33. The fourth-order valence-corrected chi connectivity index (χ4v) is 7.77. The van der Waals surface area contributed by atoms with Gasteiger partial charge in [0.15, 0.2) is 0 Å². The topological polar surface area (TPSA) is 19.6 Å². The number of hydrogen-bond donors (Lipinski definition) is 0. The third-order valence-corrected chi connectivity index (χ3v) is 9.64. The summed E-state index contributed by atoms with van der Waals surface area (Å²) in [6, 6.07) is 59.0. The van der Waals surface area contributed by atoms with Crippen LogP contribution in [0.5, 0.6) is 0 Å². The monoisotopic (exact) mass is 586 g/mol. The summed E-state index contributed by atoms with van der Waals surface area (Å²) in [5.41, 5.74) is 15.3. The van der Waals surface area contributed by atoms with Crippen LogP contribution < -0.4 is 26.2 Å². The highest BCUT2D eigenvalue weighted by atomic mass is 16.3. The van der Waals surface area contributed by atoms with Gasteiger partial charge in [0.25, 0.3) is 6.71 Å². The number of para-hydroxylation sites is 4. The molecule has 0 radical (unpaired) electrons. The second-order valence-electron chi connectivity index (χ2n) is 12.1. The van der Waals surface area contributed by atoms with Crippen molar-refractivity contribution < 1.29 is 4.42 Å². The van der Waals surface area contributed by atoms with E-state index in [1.807, 2.05) is 6.07 Å². The highest BCUT2D eigenvalue weighted by Gasteiger charge is 2.43. The lowest BCUT2D eigenvalue weighted by molar-refractivity contribution is 0.669. The van der Waals surface area contributed by atoms with Crippen molar-refractivity contribution in [3.05, 3.63) is 164 Å². The zero-order valence-corrected chi connectivity index (χ0v) is 25.0. The molecule has 3 heterocycles. The third kappa shape index (κ3) is 3.55. The Morgan fingerprint density at radius 2 is 1.02 bits per heavy atom. The molecule has 3 nitrogen and oxygen atoms in total. The zero-order valence-electron chi connectivity index (χ0n) is 25.0. The summed E-state index contributed by atoms with van der Waals surface area (Å²) in [6.45, 7) is 0.0944. The van der Waals surface area contributed by atoms with Gasteiger partial charge in [0.05, 0.1) is 0 Å². The van der Waals surface area contributed by atoms with E-state index < -0.39 is 0 Å². The van der Waals surface area contributed by atoms with Crippen molar-refractivity contribution in [2.75, 3.05) is 9.80 Å². The molecule has 0 atom stereocenters. The van der Waals surface area contributed by atoms with Crippen LogP contribution in [-0.4, -0.2) is 6.71 Å². The van der Waals surface area contributed by atoms with Crippen LogP contribution >= 0.6 is 0 Å². The normalized spacial score (nSPS) is 13.1. The van der Waals surface area contributed by atoms with Gasteiger partial charge in [-0.3, -0.25) is 0 Å². The molecular weight excluding hydrogens is 559 g/mol. The van der Waals surface area contributed by atoms with E-state index in [1.54, 1.807) is 0 Å². The van der Waals surface area contributed by atoms with Gasteiger partial charge < -0.3 is 14.2 Å². The van der Waals surface area contributed by atoms with E-state index in [9.17, 15) is 0 Å². The molecule has 2 aliphatic heterocycles. The Morgan fingerprint density at radius 1 is 0.435 bits per heavy atom. The number of benzene rings is 7. The van der Waals surface area contributed by atoms with Crippen molar-refractivity contribution in [3.8, 4) is 11.1 Å². The first-order chi connectivity index (χ1) is 22.8. The molecule has 0 aliphatic carbocycles. The summed E-state index contributed by atoms with van der Waals surface area (Å²) < 4.78 is 6.29. The minimum absolute atomic E-state index is 0.0944. The summed E-state index contributed by atoms with van der Waals surface area (Å²) in [4.78, 5) is 4.89. The van der Waals surface area contributed by atoms with Gasteiger partial charge in [-0.05, 0) is 88.2 Å². The van der Waals surface area contributed by atoms with Crippen molar-refractivity contribution in [2.45, 2.75) is 0 Å². The predicted octanol–water partition coefficient (Wildman–Crippen LogP) is 9.34. The molecule has 0 saturated heterocycles. The van der Waals surface area contributed by atoms with Gasteiger partial charge >= 0.3 is 0 Å². The molecule has 8 aromatic rings. The third-order valence-electron chi connectivity index (χ3n) is 9.64. The summed E-state index contributed by atoms with van der Waals surface area (Å²) in [7, 11) is 0. The van der Waals surface area contributed by atoms with Gasteiger partial charge in [0.2, 0.25) is 0 Å². The van der Waals surface area contributed by atoms with Gasteiger partial charge in [-0.25, -0.2) is 0 Å². The van der Waals surface area contributed by atoms with Crippen LogP contribution in [0.25, 0.3) is 33.1 Å². The standard InChI is InChI=1S/C42H27BN2O/c1-3-13-29(14-4-1)44-35-20-9-8-19-33(35)43-34-26-25-28(31-18-11-24-40-41(31)32-17-7-10-23-39(32)46-40)27-38(34)45(30-15-5-2-6-16-30)37-22-12-21-36(44)42(37)43/h1-27H. The maximum absolute atomic E-state index is 6.29. The smallest absolute Gasteiger partial charge is 0.252 e. The largest absolute Gasteiger partial charge is 0.456 e. The predicted molar refractivity (Wildman–Crippen MR) is 193 cm³/mol. The minimum atomic E-state index is 0.0944. The molecule has 0 amide bonds. The molecule has 7 aromatic carbocycles. The summed E-state index contributed by atoms with van der Waals surface area (Å²) >= 11 is 0. The Labute approximate surface area is 267 Å². The SMILES string of the molecule is c1ccc(N2c3ccccc3B3c4ccc(-c5cccc6oc7ccccc7c56)cc4N(c4ccccc4)c4cccc2c43)cc1. The van der Waals surface area contributed by atoms with E-state index in [4.69, 9.17) is 4.42 Å². The first kappa shape index (κ1) is 25.3. The Morgan fingerprint density at radius 3 is 1.80 bits per heavy atom. The molecular formula is C42H27BN2O. The number of fused-ring (bicyclic) bond motifs is 7. The average molecular weight is 587 g/mol. The van der Waals surface area contributed by atoms with Crippen LogP contribution in [0.4, 0.5) is 34.1 Å².